The second-order valence-corrected chi connectivity index (χ2v) is 4.76. The van der Waals surface area contributed by atoms with Crippen molar-refractivity contribution in [2.24, 2.45) is 0 Å². The van der Waals surface area contributed by atoms with E-state index in [1.807, 2.05) is 32.9 Å². The van der Waals surface area contributed by atoms with Gasteiger partial charge < -0.3 is 10.1 Å². The van der Waals surface area contributed by atoms with E-state index in [-0.39, 0.29) is 12.6 Å². The van der Waals surface area contributed by atoms with Gasteiger partial charge >= 0.3 is 6.18 Å². The normalized spacial score (nSPS) is 13.6. The summed E-state index contributed by atoms with van der Waals surface area (Å²) in [5.74, 6) is 0. The molecule has 1 N–H and O–H groups in total. The minimum atomic E-state index is -4.28. The summed E-state index contributed by atoms with van der Waals surface area (Å²) in [5.41, 5.74) is 4.33. The molecule has 1 rings (SSSR count). The van der Waals surface area contributed by atoms with Gasteiger partial charge in [0.15, 0.2) is 0 Å². The lowest BCUT2D eigenvalue weighted by molar-refractivity contribution is -0.175. The van der Waals surface area contributed by atoms with E-state index in [0.717, 1.165) is 16.7 Å². The van der Waals surface area contributed by atoms with E-state index in [9.17, 15) is 13.2 Å². The third-order valence-electron chi connectivity index (χ3n) is 3.16. The summed E-state index contributed by atoms with van der Waals surface area (Å²) in [7, 11) is 1.72. The summed E-state index contributed by atoms with van der Waals surface area (Å²) >= 11 is 0. The highest BCUT2D eigenvalue weighted by Crippen LogP contribution is 2.23. The third kappa shape index (κ3) is 4.84. The molecule has 0 bridgehead atoms. The van der Waals surface area contributed by atoms with E-state index >= 15 is 0 Å². The molecule has 0 saturated carbocycles. The fourth-order valence-electron chi connectivity index (χ4n) is 1.98. The molecule has 1 aromatic rings. The molecule has 0 radical (unpaired) electrons. The number of hydrogen-bond acceptors (Lipinski definition) is 2. The second kappa shape index (κ2) is 6.39. The minimum absolute atomic E-state index is 0.000644. The zero-order valence-corrected chi connectivity index (χ0v) is 11.7. The van der Waals surface area contributed by atoms with Crippen LogP contribution in [0, 0.1) is 20.8 Å². The minimum Gasteiger partial charge on any atom is -0.370 e. The summed E-state index contributed by atoms with van der Waals surface area (Å²) < 4.78 is 40.9. The van der Waals surface area contributed by atoms with Crippen LogP contribution >= 0.6 is 0 Å². The largest absolute Gasteiger partial charge is 0.411 e. The van der Waals surface area contributed by atoms with Gasteiger partial charge in [-0.2, -0.15) is 13.2 Å². The van der Waals surface area contributed by atoms with Crippen molar-refractivity contribution in [3.63, 3.8) is 0 Å². The average Bonchev–Trinajstić information content (AvgIpc) is 2.29. The molecule has 0 aliphatic carbocycles. The Morgan fingerprint density at radius 1 is 1.11 bits per heavy atom. The van der Waals surface area contributed by atoms with Gasteiger partial charge in [-0.15, -0.1) is 0 Å². The van der Waals surface area contributed by atoms with Gasteiger partial charge in [0, 0.05) is 0 Å². The number of aryl methyl sites for hydroxylation is 3. The lowest BCUT2D eigenvalue weighted by Gasteiger charge is -2.21. The first-order valence-corrected chi connectivity index (χ1v) is 6.14. The Morgan fingerprint density at radius 3 is 2.21 bits per heavy atom. The number of hydrogen-bond donors (Lipinski definition) is 1. The van der Waals surface area contributed by atoms with Gasteiger partial charge in [0.1, 0.15) is 6.61 Å². The Labute approximate surface area is 112 Å². The van der Waals surface area contributed by atoms with Gasteiger partial charge in [0.2, 0.25) is 0 Å². The maximum absolute atomic E-state index is 12.1. The van der Waals surface area contributed by atoms with Crippen LogP contribution in [0.15, 0.2) is 12.1 Å². The molecule has 0 aromatic heterocycles. The molecular formula is C14H20F3NO. The molecule has 0 fully saturated rings. The van der Waals surface area contributed by atoms with E-state index in [2.05, 4.69) is 5.32 Å². The summed E-state index contributed by atoms with van der Waals surface area (Å²) in [5, 5.41) is 3.00. The standard InChI is InChI=1S/C14H20F3NO/c1-9-5-11(3)12(6-10(9)2)13(18-4)7-19-8-14(15,16)17/h5-6,13,18H,7-8H2,1-4H3. The Kier molecular flexibility index (Phi) is 5.38. The van der Waals surface area contributed by atoms with E-state index < -0.39 is 12.8 Å². The fraction of sp³-hybridized carbons (Fsp3) is 0.571. The van der Waals surface area contributed by atoms with Crippen LogP contribution in [-0.4, -0.2) is 26.4 Å². The van der Waals surface area contributed by atoms with Crippen LogP contribution in [0.2, 0.25) is 0 Å². The van der Waals surface area contributed by atoms with Crippen molar-refractivity contribution in [3.8, 4) is 0 Å². The van der Waals surface area contributed by atoms with Crippen LogP contribution < -0.4 is 5.32 Å². The lowest BCUT2D eigenvalue weighted by Crippen LogP contribution is -2.26. The molecule has 1 unspecified atom stereocenters. The van der Waals surface area contributed by atoms with E-state index in [0.29, 0.717) is 0 Å². The first-order chi connectivity index (χ1) is 8.74. The topological polar surface area (TPSA) is 21.3 Å². The SMILES string of the molecule is CNC(COCC(F)(F)F)c1cc(C)c(C)cc1C. The number of rotatable bonds is 5. The Morgan fingerprint density at radius 2 is 1.68 bits per heavy atom. The molecular weight excluding hydrogens is 255 g/mol. The lowest BCUT2D eigenvalue weighted by atomic mass is 9.96. The van der Waals surface area contributed by atoms with Crippen LogP contribution in [0.25, 0.3) is 0 Å². The summed E-state index contributed by atoms with van der Waals surface area (Å²) in [4.78, 5) is 0. The number of benzene rings is 1. The van der Waals surface area contributed by atoms with Crippen molar-refractivity contribution >= 4 is 0 Å². The van der Waals surface area contributed by atoms with E-state index in [1.165, 1.54) is 5.56 Å². The van der Waals surface area contributed by atoms with Gasteiger partial charge in [-0.05, 0) is 50.1 Å². The molecule has 19 heavy (non-hydrogen) atoms. The highest BCUT2D eigenvalue weighted by Gasteiger charge is 2.28. The fourth-order valence-corrected chi connectivity index (χ4v) is 1.98. The van der Waals surface area contributed by atoms with Crippen LogP contribution in [-0.2, 0) is 4.74 Å². The number of alkyl halides is 3. The highest BCUT2D eigenvalue weighted by atomic mass is 19.4. The number of ether oxygens (including phenoxy) is 1. The molecule has 1 atom stereocenters. The van der Waals surface area contributed by atoms with Crippen molar-refractivity contribution in [3.05, 3.63) is 34.4 Å². The Hall–Kier alpha value is -1.07. The second-order valence-electron chi connectivity index (χ2n) is 4.76. The quantitative estimate of drug-likeness (QED) is 0.888. The van der Waals surface area contributed by atoms with Crippen LogP contribution in [0.1, 0.15) is 28.3 Å². The molecule has 0 amide bonds. The third-order valence-corrected chi connectivity index (χ3v) is 3.16. The van der Waals surface area contributed by atoms with Gasteiger partial charge in [-0.1, -0.05) is 12.1 Å². The predicted octanol–water partition coefficient (Wildman–Crippen LogP) is 3.45. The monoisotopic (exact) mass is 275 g/mol. The van der Waals surface area contributed by atoms with E-state index in [4.69, 9.17) is 4.74 Å². The molecule has 2 nitrogen and oxygen atoms in total. The Balaban J connectivity index is 2.77. The van der Waals surface area contributed by atoms with Gasteiger partial charge in [0.25, 0.3) is 0 Å². The molecule has 108 valence electrons. The van der Waals surface area contributed by atoms with Crippen molar-refractivity contribution in [2.45, 2.75) is 33.0 Å². The summed E-state index contributed by atoms with van der Waals surface area (Å²) in [6.07, 6.45) is -4.28. The molecule has 0 saturated heterocycles. The molecule has 0 aliphatic rings. The van der Waals surface area contributed by atoms with Crippen LogP contribution in [0.4, 0.5) is 13.2 Å². The zero-order chi connectivity index (χ0) is 14.6. The Bertz CT molecular complexity index is 429. The summed E-state index contributed by atoms with van der Waals surface area (Å²) in [6.45, 7) is 4.74. The molecule has 0 heterocycles. The van der Waals surface area contributed by atoms with Gasteiger partial charge in [-0.25, -0.2) is 0 Å². The molecule has 0 spiro atoms. The maximum atomic E-state index is 12.1. The predicted molar refractivity (Wildman–Crippen MR) is 69.3 cm³/mol. The molecule has 1 aromatic carbocycles. The van der Waals surface area contributed by atoms with Crippen LogP contribution in [0.3, 0.4) is 0 Å². The first-order valence-electron chi connectivity index (χ1n) is 6.14. The number of likely N-dealkylation sites (N-methyl/N-ethyl adjacent to an activating group) is 1. The van der Waals surface area contributed by atoms with Crippen molar-refractivity contribution in [1.29, 1.82) is 0 Å². The van der Waals surface area contributed by atoms with E-state index in [1.54, 1.807) is 7.05 Å². The van der Waals surface area contributed by atoms with Crippen molar-refractivity contribution in [2.75, 3.05) is 20.3 Å². The molecule has 5 heteroatoms. The zero-order valence-electron chi connectivity index (χ0n) is 11.7. The average molecular weight is 275 g/mol. The van der Waals surface area contributed by atoms with Crippen LogP contribution in [0.5, 0.6) is 0 Å². The number of nitrogens with one attached hydrogen (secondary N) is 1. The van der Waals surface area contributed by atoms with Crippen molar-refractivity contribution < 1.29 is 17.9 Å². The summed E-state index contributed by atoms with van der Waals surface area (Å²) in [6, 6.07) is 3.81. The van der Waals surface area contributed by atoms with Crippen molar-refractivity contribution in [1.82, 2.24) is 5.32 Å². The first kappa shape index (κ1) is 16.0. The highest BCUT2D eigenvalue weighted by molar-refractivity contribution is 5.38. The van der Waals surface area contributed by atoms with Gasteiger partial charge in [-0.3, -0.25) is 0 Å². The smallest absolute Gasteiger partial charge is 0.370 e. The van der Waals surface area contributed by atoms with Gasteiger partial charge in [0.05, 0.1) is 12.6 Å². The number of halogens is 3. The maximum Gasteiger partial charge on any atom is 0.411 e. The molecule has 0 aliphatic heterocycles.